The molecular formula is C27H35N5OS. The van der Waals surface area contributed by atoms with Gasteiger partial charge in [0.15, 0.2) is 5.82 Å². The largest absolute Gasteiger partial charge is 0.494 e. The lowest BCUT2D eigenvalue weighted by atomic mass is 9.93. The number of aliphatic imine (C=N–C) groups is 1. The van der Waals surface area contributed by atoms with Gasteiger partial charge in [0.05, 0.1) is 6.61 Å². The zero-order chi connectivity index (χ0) is 24.1. The minimum Gasteiger partial charge on any atom is -0.494 e. The molecule has 1 aromatic carbocycles. The van der Waals surface area contributed by atoms with E-state index in [2.05, 4.69) is 53.2 Å². The number of hydrogen-bond donors (Lipinski definition) is 2. The minimum absolute atomic E-state index is 0.00694. The summed E-state index contributed by atoms with van der Waals surface area (Å²) in [5, 5.41) is 0. The first-order chi connectivity index (χ1) is 16.3. The molecule has 7 heteroatoms. The lowest BCUT2D eigenvalue weighted by Crippen LogP contribution is -2.39. The quantitative estimate of drug-likeness (QED) is 0.403. The van der Waals surface area contributed by atoms with Crippen LogP contribution in [0.2, 0.25) is 0 Å². The molecule has 6 nitrogen and oxygen atoms in total. The fourth-order valence-corrected chi connectivity index (χ4v) is 5.26. The van der Waals surface area contributed by atoms with Crippen molar-refractivity contribution in [1.29, 1.82) is 0 Å². The van der Waals surface area contributed by atoms with E-state index in [0.717, 1.165) is 60.1 Å². The highest BCUT2D eigenvalue weighted by Gasteiger charge is 2.40. The molecule has 1 saturated heterocycles. The van der Waals surface area contributed by atoms with E-state index >= 15 is 0 Å². The predicted octanol–water partition coefficient (Wildman–Crippen LogP) is 6.08. The zero-order valence-electron chi connectivity index (χ0n) is 20.4. The van der Waals surface area contributed by atoms with Gasteiger partial charge in [-0.25, -0.2) is 9.98 Å². The van der Waals surface area contributed by atoms with Gasteiger partial charge in [0.1, 0.15) is 11.6 Å². The number of pyridine rings is 1. The van der Waals surface area contributed by atoms with Crippen LogP contribution in [-0.2, 0) is 0 Å². The van der Waals surface area contributed by atoms with Gasteiger partial charge in [0.2, 0.25) is 0 Å². The third-order valence-corrected chi connectivity index (χ3v) is 7.19. The van der Waals surface area contributed by atoms with E-state index in [9.17, 15) is 0 Å². The number of ether oxygens (including phenoxy) is 1. The van der Waals surface area contributed by atoms with Crippen LogP contribution in [-0.4, -0.2) is 29.9 Å². The van der Waals surface area contributed by atoms with Gasteiger partial charge in [0.25, 0.3) is 0 Å². The summed E-state index contributed by atoms with van der Waals surface area (Å²) in [6, 6.07) is 12.2. The molecule has 3 aliphatic rings. The van der Waals surface area contributed by atoms with Crippen molar-refractivity contribution in [3.63, 3.8) is 0 Å². The maximum Gasteiger partial charge on any atom is 0.154 e. The Balaban J connectivity index is 1.69. The second kappa shape index (κ2) is 10.6. The summed E-state index contributed by atoms with van der Waals surface area (Å²) < 4.78 is 9.37. The molecule has 0 spiro atoms. The Morgan fingerprint density at radius 3 is 2.82 bits per heavy atom. The van der Waals surface area contributed by atoms with E-state index in [1.165, 1.54) is 18.4 Å². The molecule has 2 aromatic rings. The van der Waals surface area contributed by atoms with Crippen LogP contribution >= 0.6 is 11.9 Å². The Kier molecular flexibility index (Phi) is 7.51. The number of fused-ring (bicyclic) bond motifs is 8. The minimum atomic E-state index is -0.00694. The van der Waals surface area contributed by atoms with E-state index in [4.69, 9.17) is 15.5 Å². The zero-order valence-corrected chi connectivity index (χ0v) is 21.2. The van der Waals surface area contributed by atoms with Gasteiger partial charge in [-0.15, -0.1) is 0 Å². The third kappa shape index (κ3) is 5.95. The number of benzene rings is 1. The van der Waals surface area contributed by atoms with Crippen molar-refractivity contribution >= 4 is 35.5 Å². The highest BCUT2D eigenvalue weighted by molar-refractivity contribution is 7.97. The van der Waals surface area contributed by atoms with Crippen molar-refractivity contribution in [2.45, 2.75) is 56.9 Å². The molecule has 3 N–H and O–H groups in total. The summed E-state index contributed by atoms with van der Waals surface area (Å²) in [7, 11) is 0. The summed E-state index contributed by atoms with van der Waals surface area (Å²) in [6.45, 7) is 12.5. The maximum atomic E-state index is 5.94. The molecule has 0 radical (unpaired) electrons. The number of anilines is 1. The van der Waals surface area contributed by atoms with Gasteiger partial charge in [-0.3, -0.25) is 0 Å². The number of aromatic nitrogens is 1. The topological polar surface area (TPSA) is 75.8 Å². The molecule has 4 heterocycles. The average molecular weight is 478 g/mol. The van der Waals surface area contributed by atoms with Gasteiger partial charge in [-0.1, -0.05) is 6.58 Å². The Labute approximate surface area is 207 Å². The van der Waals surface area contributed by atoms with Crippen molar-refractivity contribution in [1.82, 2.24) is 9.71 Å². The SMILES string of the molecule is C=C1NSc2ccc(cc2)OCCCCC2CN(c3nc(N=C/C=C(/C)N)ccc31)C(C)(C)C2. The monoisotopic (exact) mass is 477 g/mol. The predicted molar refractivity (Wildman–Crippen MR) is 144 cm³/mol. The van der Waals surface area contributed by atoms with Crippen molar-refractivity contribution < 1.29 is 4.74 Å². The van der Waals surface area contributed by atoms with E-state index in [-0.39, 0.29) is 5.54 Å². The summed E-state index contributed by atoms with van der Waals surface area (Å²) >= 11 is 1.54. The molecule has 0 amide bonds. The Morgan fingerprint density at radius 2 is 2.06 bits per heavy atom. The third-order valence-electron chi connectivity index (χ3n) is 6.34. The molecule has 4 bridgehead atoms. The van der Waals surface area contributed by atoms with E-state index in [1.807, 2.05) is 25.1 Å². The van der Waals surface area contributed by atoms with Gasteiger partial charge in [0, 0.05) is 40.2 Å². The van der Waals surface area contributed by atoms with Crippen LogP contribution in [0.25, 0.3) is 5.70 Å². The smallest absolute Gasteiger partial charge is 0.154 e. The molecule has 3 aliphatic heterocycles. The number of nitrogens with zero attached hydrogens (tertiary/aromatic N) is 3. The van der Waals surface area contributed by atoms with Crippen molar-refractivity contribution in [2.75, 3.05) is 18.1 Å². The Hall–Kier alpha value is -2.93. The fraction of sp³-hybridized carbons (Fsp3) is 0.407. The van der Waals surface area contributed by atoms with E-state index in [0.29, 0.717) is 17.4 Å². The van der Waals surface area contributed by atoms with Crippen LogP contribution in [0.5, 0.6) is 5.75 Å². The Morgan fingerprint density at radius 1 is 1.26 bits per heavy atom. The number of hydrogen-bond acceptors (Lipinski definition) is 7. The second-order valence-electron chi connectivity index (χ2n) is 9.72. The van der Waals surface area contributed by atoms with Crippen LogP contribution in [0.1, 0.15) is 52.0 Å². The van der Waals surface area contributed by atoms with Crippen molar-refractivity contribution in [3.05, 3.63) is 60.3 Å². The van der Waals surface area contributed by atoms with Crippen LogP contribution in [0, 0.1) is 5.92 Å². The summed E-state index contributed by atoms with van der Waals surface area (Å²) in [4.78, 5) is 13.0. The molecule has 1 fully saturated rings. The van der Waals surface area contributed by atoms with Crippen LogP contribution < -0.4 is 20.1 Å². The molecular weight excluding hydrogens is 442 g/mol. The first-order valence-electron chi connectivity index (χ1n) is 11.9. The Bertz CT molecular complexity index is 1070. The molecule has 180 valence electrons. The molecule has 0 aliphatic carbocycles. The molecule has 0 saturated carbocycles. The highest BCUT2D eigenvalue weighted by Crippen LogP contribution is 2.41. The first kappa shape index (κ1) is 24.2. The highest BCUT2D eigenvalue weighted by atomic mass is 32.2. The maximum absolute atomic E-state index is 5.94. The number of nitrogens with two attached hydrogens (primary N) is 1. The number of allylic oxidation sites excluding steroid dienone is 2. The summed E-state index contributed by atoms with van der Waals surface area (Å²) in [6.07, 6.45) is 8.02. The lowest BCUT2D eigenvalue weighted by molar-refractivity contribution is 0.299. The molecule has 34 heavy (non-hydrogen) atoms. The molecule has 1 unspecified atom stereocenters. The molecule has 1 atom stereocenters. The van der Waals surface area contributed by atoms with Gasteiger partial charge in [-0.05, 0) is 107 Å². The summed E-state index contributed by atoms with van der Waals surface area (Å²) in [5.74, 6) is 3.12. The van der Waals surface area contributed by atoms with Crippen LogP contribution in [0.4, 0.5) is 11.6 Å². The second-order valence-corrected chi connectivity index (χ2v) is 10.6. The van der Waals surface area contributed by atoms with Crippen LogP contribution in [0.3, 0.4) is 0 Å². The average Bonchev–Trinajstić information content (AvgIpc) is 3.11. The normalized spacial score (nSPS) is 21.1. The van der Waals surface area contributed by atoms with E-state index in [1.54, 1.807) is 12.3 Å². The van der Waals surface area contributed by atoms with Gasteiger partial charge >= 0.3 is 0 Å². The standard InChI is InChI=1S/C27H35N5OS/c1-19(28)14-15-29-25-13-12-24-20(2)31-34-23-10-8-22(9-11-23)33-16-6-5-7-21-17-27(3,4)32(18-21)26(24)30-25/h8-15,21,31H,2,5-7,16-18,28H2,1,3-4H3/b19-14-,29-15?. The number of nitrogens with one attached hydrogen (secondary N) is 1. The number of rotatable bonds is 2. The van der Waals surface area contributed by atoms with E-state index < -0.39 is 0 Å². The van der Waals surface area contributed by atoms with Gasteiger partial charge in [-0.2, -0.15) is 0 Å². The van der Waals surface area contributed by atoms with Crippen molar-refractivity contribution in [3.8, 4) is 5.75 Å². The molecule has 5 rings (SSSR count). The lowest BCUT2D eigenvalue weighted by Gasteiger charge is -2.34. The van der Waals surface area contributed by atoms with Gasteiger partial charge < -0.3 is 20.1 Å². The fourth-order valence-electron chi connectivity index (χ4n) is 4.64. The van der Waals surface area contributed by atoms with Crippen molar-refractivity contribution in [2.24, 2.45) is 16.6 Å². The summed E-state index contributed by atoms with van der Waals surface area (Å²) in [5.41, 5.74) is 8.27. The molecule has 1 aromatic heterocycles. The first-order valence-corrected chi connectivity index (χ1v) is 12.7. The van der Waals surface area contributed by atoms with Crippen LogP contribution in [0.15, 0.2) is 64.6 Å².